The van der Waals surface area contributed by atoms with E-state index in [9.17, 15) is 4.79 Å². The van der Waals surface area contributed by atoms with Gasteiger partial charge >= 0.3 is 0 Å². The molecule has 4 rings (SSSR count). The molecule has 2 heterocycles. The first-order chi connectivity index (χ1) is 11.8. The predicted molar refractivity (Wildman–Crippen MR) is 102 cm³/mol. The van der Waals surface area contributed by atoms with Crippen LogP contribution >= 0.6 is 23.5 Å². The van der Waals surface area contributed by atoms with Gasteiger partial charge in [-0.1, -0.05) is 30.3 Å². The molecule has 0 N–H and O–H groups in total. The van der Waals surface area contributed by atoms with Crippen molar-refractivity contribution in [3.05, 3.63) is 60.2 Å². The minimum atomic E-state index is -0.0311. The number of methoxy groups -OCH3 is 1. The molecule has 2 fully saturated rings. The summed E-state index contributed by atoms with van der Waals surface area (Å²) in [6.45, 7) is 0. The molecule has 0 spiro atoms. The minimum absolute atomic E-state index is 0.0311. The first-order valence-corrected chi connectivity index (χ1v) is 10.1. The molecule has 124 valence electrons. The normalized spacial score (nSPS) is 24.0. The molecule has 0 bridgehead atoms. The van der Waals surface area contributed by atoms with Gasteiger partial charge in [-0.25, -0.2) is 0 Å². The standard InChI is InChI=1S/C19H19NO2S2/c1-22-15-9-7-14(8-10-15)20-17(19-23-11-12-24-19)16(18(20)21)13-5-3-2-4-6-13/h2-10,16-17,19H,11-12H2,1H3/t16-,17+/m0/s1. The van der Waals surface area contributed by atoms with Crippen molar-refractivity contribution < 1.29 is 9.53 Å². The second-order valence-corrected chi connectivity index (χ2v) is 8.69. The van der Waals surface area contributed by atoms with E-state index in [4.69, 9.17) is 4.74 Å². The van der Waals surface area contributed by atoms with Gasteiger partial charge in [-0.3, -0.25) is 4.79 Å². The molecule has 2 saturated heterocycles. The average Bonchev–Trinajstić information content (AvgIpc) is 3.15. The van der Waals surface area contributed by atoms with Gasteiger partial charge in [-0.15, -0.1) is 23.5 Å². The third-order valence-electron chi connectivity index (χ3n) is 4.58. The monoisotopic (exact) mass is 357 g/mol. The second kappa shape index (κ2) is 6.73. The molecule has 1 amide bonds. The highest BCUT2D eigenvalue weighted by Crippen LogP contribution is 2.49. The molecule has 3 nitrogen and oxygen atoms in total. The maximum atomic E-state index is 13.0. The van der Waals surface area contributed by atoms with E-state index < -0.39 is 0 Å². The average molecular weight is 358 g/mol. The van der Waals surface area contributed by atoms with Gasteiger partial charge in [0.25, 0.3) is 0 Å². The van der Waals surface area contributed by atoms with Crippen molar-refractivity contribution >= 4 is 35.1 Å². The smallest absolute Gasteiger partial charge is 0.237 e. The zero-order valence-electron chi connectivity index (χ0n) is 13.4. The zero-order valence-corrected chi connectivity index (χ0v) is 15.1. The van der Waals surface area contributed by atoms with Crippen molar-refractivity contribution in [1.29, 1.82) is 0 Å². The van der Waals surface area contributed by atoms with E-state index in [1.54, 1.807) is 7.11 Å². The van der Waals surface area contributed by atoms with Crippen LogP contribution in [0.2, 0.25) is 0 Å². The quantitative estimate of drug-likeness (QED) is 0.774. The van der Waals surface area contributed by atoms with Crippen LogP contribution in [0, 0.1) is 0 Å². The van der Waals surface area contributed by atoms with Gasteiger partial charge in [0.05, 0.1) is 23.7 Å². The fourth-order valence-corrected chi connectivity index (χ4v) is 6.55. The Kier molecular flexibility index (Phi) is 4.46. The first kappa shape index (κ1) is 15.9. The Morgan fingerprint density at radius 2 is 1.67 bits per heavy atom. The molecule has 2 atom stereocenters. The Hall–Kier alpha value is -1.59. The van der Waals surface area contributed by atoms with Crippen molar-refractivity contribution in [3.8, 4) is 5.75 Å². The molecule has 0 radical (unpaired) electrons. The van der Waals surface area contributed by atoms with Crippen molar-refractivity contribution in [2.75, 3.05) is 23.5 Å². The van der Waals surface area contributed by atoms with Gasteiger partial charge in [-0.2, -0.15) is 0 Å². The lowest BCUT2D eigenvalue weighted by molar-refractivity contribution is -0.126. The van der Waals surface area contributed by atoms with Gasteiger partial charge in [0, 0.05) is 17.2 Å². The fraction of sp³-hybridized carbons (Fsp3) is 0.316. The molecule has 5 heteroatoms. The summed E-state index contributed by atoms with van der Waals surface area (Å²) in [5, 5.41) is 0. The lowest BCUT2D eigenvalue weighted by atomic mass is 9.82. The van der Waals surface area contributed by atoms with E-state index in [2.05, 4.69) is 12.1 Å². The maximum Gasteiger partial charge on any atom is 0.237 e. The zero-order chi connectivity index (χ0) is 16.5. The number of benzene rings is 2. The van der Waals surface area contributed by atoms with Crippen LogP contribution in [0.5, 0.6) is 5.75 Å². The molecular formula is C19H19NO2S2. The first-order valence-electron chi connectivity index (χ1n) is 8.05. The van der Waals surface area contributed by atoms with E-state index in [0.717, 1.165) is 28.5 Å². The number of nitrogens with zero attached hydrogens (tertiary/aromatic N) is 1. The number of hydrogen-bond donors (Lipinski definition) is 0. The Morgan fingerprint density at radius 3 is 2.29 bits per heavy atom. The molecule has 0 aliphatic carbocycles. The molecule has 0 saturated carbocycles. The molecule has 0 aromatic heterocycles. The van der Waals surface area contributed by atoms with Crippen molar-refractivity contribution in [2.45, 2.75) is 16.5 Å². The van der Waals surface area contributed by atoms with Crippen molar-refractivity contribution in [1.82, 2.24) is 0 Å². The molecule has 2 aromatic rings. The number of carbonyl (C=O) groups is 1. The number of rotatable bonds is 4. The van der Waals surface area contributed by atoms with E-state index >= 15 is 0 Å². The molecule has 2 aliphatic heterocycles. The van der Waals surface area contributed by atoms with Crippen LogP contribution in [0.15, 0.2) is 54.6 Å². The largest absolute Gasteiger partial charge is 0.497 e. The van der Waals surface area contributed by atoms with Gasteiger partial charge in [0.2, 0.25) is 5.91 Å². The van der Waals surface area contributed by atoms with Crippen LogP contribution < -0.4 is 9.64 Å². The Bertz CT molecular complexity index is 714. The highest BCUT2D eigenvalue weighted by Gasteiger charge is 2.53. The Morgan fingerprint density at radius 1 is 1.00 bits per heavy atom. The number of amides is 1. The van der Waals surface area contributed by atoms with E-state index in [0.29, 0.717) is 4.58 Å². The van der Waals surface area contributed by atoms with Crippen molar-refractivity contribution in [3.63, 3.8) is 0 Å². The Balaban J connectivity index is 1.66. The summed E-state index contributed by atoms with van der Waals surface area (Å²) in [6, 6.07) is 18.2. The molecular weight excluding hydrogens is 338 g/mol. The summed E-state index contributed by atoms with van der Waals surface area (Å²) in [7, 11) is 1.66. The van der Waals surface area contributed by atoms with E-state index in [1.165, 1.54) is 0 Å². The third-order valence-corrected chi connectivity index (χ3v) is 7.75. The van der Waals surface area contributed by atoms with Crippen LogP contribution in [-0.4, -0.2) is 35.1 Å². The third kappa shape index (κ3) is 2.70. The van der Waals surface area contributed by atoms with E-state index in [-0.39, 0.29) is 17.9 Å². The summed E-state index contributed by atoms with van der Waals surface area (Å²) >= 11 is 3.95. The minimum Gasteiger partial charge on any atom is -0.497 e. The maximum absolute atomic E-state index is 13.0. The number of ether oxygens (including phenoxy) is 1. The Labute approximate surface area is 150 Å². The highest BCUT2D eigenvalue weighted by atomic mass is 32.2. The van der Waals surface area contributed by atoms with Gasteiger partial charge < -0.3 is 9.64 Å². The number of anilines is 1. The second-order valence-electron chi connectivity index (χ2n) is 5.90. The number of thioether (sulfide) groups is 2. The summed E-state index contributed by atoms with van der Waals surface area (Å²) in [5.41, 5.74) is 2.09. The van der Waals surface area contributed by atoms with Crippen LogP contribution in [0.4, 0.5) is 5.69 Å². The lowest BCUT2D eigenvalue weighted by Crippen LogP contribution is -2.63. The van der Waals surface area contributed by atoms with Crippen LogP contribution in [0.1, 0.15) is 11.5 Å². The highest BCUT2D eigenvalue weighted by molar-refractivity contribution is 8.20. The summed E-state index contributed by atoms with van der Waals surface area (Å²) in [4.78, 5) is 14.9. The number of carbonyl (C=O) groups excluding carboxylic acids is 1. The number of hydrogen-bond acceptors (Lipinski definition) is 4. The van der Waals surface area contributed by atoms with Crippen LogP contribution in [0.3, 0.4) is 0 Å². The topological polar surface area (TPSA) is 29.5 Å². The van der Waals surface area contributed by atoms with Gasteiger partial charge in [0.1, 0.15) is 5.75 Å². The summed E-state index contributed by atoms with van der Waals surface area (Å²) in [6.07, 6.45) is 0. The van der Waals surface area contributed by atoms with E-state index in [1.807, 2.05) is 70.9 Å². The summed E-state index contributed by atoms with van der Waals surface area (Å²) < 4.78 is 5.67. The molecule has 0 unspecified atom stereocenters. The van der Waals surface area contributed by atoms with Crippen LogP contribution in [-0.2, 0) is 4.79 Å². The molecule has 2 aliphatic rings. The van der Waals surface area contributed by atoms with Gasteiger partial charge in [0.15, 0.2) is 0 Å². The fourth-order valence-electron chi connectivity index (χ4n) is 3.40. The SMILES string of the molecule is COc1ccc(N2C(=O)[C@@H](c3ccccc3)[C@@H]2C2SCCS2)cc1. The molecule has 24 heavy (non-hydrogen) atoms. The lowest BCUT2D eigenvalue weighted by Gasteiger charge is -2.49. The van der Waals surface area contributed by atoms with Crippen LogP contribution in [0.25, 0.3) is 0 Å². The van der Waals surface area contributed by atoms with Crippen molar-refractivity contribution in [2.24, 2.45) is 0 Å². The summed E-state index contributed by atoms with van der Waals surface area (Å²) in [5.74, 6) is 3.31. The molecule has 2 aromatic carbocycles. The predicted octanol–water partition coefficient (Wildman–Crippen LogP) is 4.00. The van der Waals surface area contributed by atoms with Gasteiger partial charge in [-0.05, 0) is 29.8 Å². The number of β-lactam (4-membered cyclic amide) rings is 1.